The Hall–Kier alpha value is -3.54. The van der Waals surface area contributed by atoms with Crippen molar-refractivity contribution < 1.29 is 13.7 Å². The highest BCUT2D eigenvalue weighted by molar-refractivity contribution is 5.95. The average Bonchev–Trinajstić information content (AvgIpc) is 3.38. The molecule has 26 heavy (non-hydrogen) atoms. The van der Waals surface area contributed by atoms with Gasteiger partial charge in [0.05, 0.1) is 24.1 Å². The van der Waals surface area contributed by atoms with E-state index < -0.39 is 5.91 Å². The molecule has 0 saturated carbocycles. The SMILES string of the molecule is Cc1c(C(N)=O)cc(-c2cc(-c3ccccc3)on2)n1Cc1ccco1. The van der Waals surface area contributed by atoms with E-state index >= 15 is 0 Å². The largest absolute Gasteiger partial charge is 0.467 e. The van der Waals surface area contributed by atoms with Crippen molar-refractivity contribution in [3.05, 3.63) is 77.9 Å². The van der Waals surface area contributed by atoms with Gasteiger partial charge in [0.25, 0.3) is 5.91 Å². The van der Waals surface area contributed by atoms with Gasteiger partial charge in [0.1, 0.15) is 11.5 Å². The van der Waals surface area contributed by atoms with E-state index in [4.69, 9.17) is 14.7 Å². The van der Waals surface area contributed by atoms with E-state index in [1.165, 1.54) is 0 Å². The number of carbonyl (C=O) groups is 1. The summed E-state index contributed by atoms with van der Waals surface area (Å²) < 4.78 is 12.9. The van der Waals surface area contributed by atoms with E-state index in [1.54, 1.807) is 12.3 Å². The number of nitrogens with zero attached hydrogens (tertiary/aromatic N) is 2. The smallest absolute Gasteiger partial charge is 0.250 e. The molecule has 3 heterocycles. The number of primary amides is 1. The summed E-state index contributed by atoms with van der Waals surface area (Å²) in [5.41, 5.74) is 9.05. The Morgan fingerprint density at radius 2 is 1.96 bits per heavy atom. The fourth-order valence-electron chi connectivity index (χ4n) is 3.00. The van der Waals surface area contributed by atoms with Crippen molar-refractivity contribution in [1.82, 2.24) is 9.72 Å². The van der Waals surface area contributed by atoms with Gasteiger partial charge in [-0.05, 0) is 25.1 Å². The monoisotopic (exact) mass is 347 g/mol. The van der Waals surface area contributed by atoms with Gasteiger partial charge in [0, 0.05) is 17.3 Å². The van der Waals surface area contributed by atoms with Gasteiger partial charge >= 0.3 is 0 Å². The van der Waals surface area contributed by atoms with Crippen LogP contribution in [0.3, 0.4) is 0 Å². The lowest BCUT2D eigenvalue weighted by molar-refractivity contribution is 0.0999. The first-order valence-corrected chi connectivity index (χ1v) is 8.18. The standard InChI is InChI=1S/C20H17N3O3/c1-13-16(20(21)24)10-18(23(13)12-15-8-5-9-25-15)17-11-19(26-22-17)14-6-3-2-4-7-14/h2-11H,12H2,1H3,(H2,21,24). The van der Waals surface area contributed by atoms with Crippen LogP contribution < -0.4 is 5.73 Å². The van der Waals surface area contributed by atoms with Crippen molar-refractivity contribution in [2.45, 2.75) is 13.5 Å². The summed E-state index contributed by atoms with van der Waals surface area (Å²) in [5, 5.41) is 4.19. The number of aromatic nitrogens is 2. The van der Waals surface area contributed by atoms with E-state index in [0.29, 0.717) is 23.6 Å². The quantitative estimate of drug-likeness (QED) is 0.594. The Bertz CT molecular complexity index is 1040. The van der Waals surface area contributed by atoms with Gasteiger partial charge < -0.3 is 19.2 Å². The minimum atomic E-state index is -0.478. The molecule has 0 atom stereocenters. The van der Waals surface area contributed by atoms with Crippen LogP contribution in [0.2, 0.25) is 0 Å². The van der Waals surface area contributed by atoms with Crippen LogP contribution in [0.15, 0.2) is 69.8 Å². The molecule has 6 heteroatoms. The fraction of sp³-hybridized carbons (Fsp3) is 0.100. The highest BCUT2D eigenvalue weighted by Crippen LogP contribution is 2.30. The summed E-state index contributed by atoms with van der Waals surface area (Å²) >= 11 is 0. The molecule has 1 amide bonds. The van der Waals surface area contributed by atoms with Crippen molar-refractivity contribution >= 4 is 5.91 Å². The van der Waals surface area contributed by atoms with Crippen molar-refractivity contribution in [3.63, 3.8) is 0 Å². The fourth-order valence-corrected chi connectivity index (χ4v) is 3.00. The molecular weight excluding hydrogens is 330 g/mol. The third-order valence-electron chi connectivity index (χ3n) is 4.36. The summed E-state index contributed by atoms with van der Waals surface area (Å²) in [6, 6.07) is 17.0. The van der Waals surface area contributed by atoms with Crippen molar-refractivity contribution in [1.29, 1.82) is 0 Å². The van der Waals surface area contributed by atoms with Crippen LogP contribution >= 0.6 is 0 Å². The second-order valence-corrected chi connectivity index (χ2v) is 6.00. The van der Waals surface area contributed by atoms with E-state index in [2.05, 4.69) is 5.16 Å². The lowest BCUT2D eigenvalue weighted by Crippen LogP contribution is -2.12. The molecule has 3 aromatic heterocycles. The topological polar surface area (TPSA) is 87.2 Å². The minimum absolute atomic E-state index is 0.454. The molecule has 4 aromatic rings. The summed E-state index contributed by atoms with van der Waals surface area (Å²) in [4.78, 5) is 11.8. The summed E-state index contributed by atoms with van der Waals surface area (Å²) in [7, 11) is 0. The molecule has 0 saturated heterocycles. The highest BCUT2D eigenvalue weighted by Gasteiger charge is 2.20. The average molecular weight is 347 g/mol. The van der Waals surface area contributed by atoms with Crippen LogP contribution in [0.4, 0.5) is 0 Å². The van der Waals surface area contributed by atoms with Gasteiger partial charge in [0.2, 0.25) is 0 Å². The van der Waals surface area contributed by atoms with Crippen LogP contribution in [-0.4, -0.2) is 15.6 Å². The van der Waals surface area contributed by atoms with Crippen molar-refractivity contribution in [2.75, 3.05) is 0 Å². The number of benzene rings is 1. The van der Waals surface area contributed by atoms with Gasteiger partial charge in [-0.15, -0.1) is 0 Å². The zero-order valence-corrected chi connectivity index (χ0v) is 14.2. The van der Waals surface area contributed by atoms with E-state index in [1.807, 2.05) is 60.0 Å². The van der Waals surface area contributed by atoms with Gasteiger partial charge in [-0.3, -0.25) is 4.79 Å². The second kappa shape index (κ2) is 6.40. The second-order valence-electron chi connectivity index (χ2n) is 6.00. The molecule has 0 fully saturated rings. The number of nitrogens with two attached hydrogens (primary N) is 1. The third kappa shape index (κ3) is 2.82. The van der Waals surface area contributed by atoms with Crippen LogP contribution in [0.1, 0.15) is 21.8 Å². The molecular formula is C20H17N3O3. The van der Waals surface area contributed by atoms with Gasteiger partial charge in [0.15, 0.2) is 5.76 Å². The molecule has 1 aromatic carbocycles. The predicted octanol–water partition coefficient (Wildman–Crippen LogP) is 3.86. The van der Waals surface area contributed by atoms with Gasteiger partial charge in [-0.1, -0.05) is 35.5 Å². The lowest BCUT2D eigenvalue weighted by atomic mass is 10.1. The first kappa shape index (κ1) is 16.0. The molecule has 2 N–H and O–H groups in total. The van der Waals surface area contributed by atoms with Crippen LogP contribution in [0, 0.1) is 6.92 Å². The summed E-state index contributed by atoms with van der Waals surface area (Å²) in [6.07, 6.45) is 1.62. The molecule has 4 rings (SSSR count). The first-order valence-electron chi connectivity index (χ1n) is 8.18. The predicted molar refractivity (Wildman–Crippen MR) is 96.4 cm³/mol. The Labute approximate surface area is 149 Å². The van der Waals surface area contributed by atoms with Gasteiger partial charge in [-0.2, -0.15) is 0 Å². The maximum atomic E-state index is 11.8. The molecule has 6 nitrogen and oxygen atoms in total. The molecule has 0 aliphatic rings. The molecule has 0 bridgehead atoms. The first-order chi connectivity index (χ1) is 12.6. The maximum Gasteiger partial charge on any atom is 0.250 e. The molecule has 130 valence electrons. The van der Waals surface area contributed by atoms with Crippen LogP contribution in [0.25, 0.3) is 22.7 Å². The Morgan fingerprint density at radius 3 is 2.65 bits per heavy atom. The number of rotatable bonds is 5. The number of amides is 1. The van der Waals surface area contributed by atoms with Gasteiger partial charge in [-0.25, -0.2) is 0 Å². The summed E-state index contributed by atoms with van der Waals surface area (Å²) in [6.45, 7) is 2.32. The normalized spacial score (nSPS) is 11.0. The van der Waals surface area contributed by atoms with E-state index in [9.17, 15) is 4.79 Å². The molecule has 0 aliphatic heterocycles. The molecule has 0 radical (unpaired) electrons. The number of furan rings is 1. The third-order valence-corrected chi connectivity index (χ3v) is 4.36. The van der Waals surface area contributed by atoms with E-state index in [-0.39, 0.29) is 0 Å². The Morgan fingerprint density at radius 1 is 1.15 bits per heavy atom. The number of hydrogen-bond donors (Lipinski definition) is 1. The van der Waals surface area contributed by atoms with Crippen LogP contribution in [0.5, 0.6) is 0 Å². The Balaban J connectivity index is 1.79. The molecule has 0 aliphatic carbocycles. The zero-order valence-electron chi connectivity index (χ0n) is 14.2. The highest BCUT2D eigenvalue weighted by atomic mass is 16.5. The molecule has 0 spiro atoms. The Kier molecular flexibility index (Phi) is 3.93. The lowest BCUT2D eigenvalue weighted by Gasteiger charge is -2.08. The minimum Gasteiger partial charge on any atom is -0.467 e. The van der Waals surface area contributed by atoms with Crippen LogP contribution in [-0.2, 0) is 6.54 Å². The van der Waals surface area contributed by atoms with E-state index in [0.717, 1.165) is 22.7 Å². The maximum absolute atomic E-state index is 11.8. The number of carbonyl (C=O) groups excluding carboxylic acids is 1. The number of hydrogen-bond acceptors (Lipinski definition) is 4. The zero-order chi connectivity index (χ0) is 18.1. The summed E-state index contributed by atoms with van der Waals surface area (Å²) in [5.74, 6) is 0.950. The molecule has 0 unspecified atom stereocenters. The van der Waals surface area contributed by atoms with Crippen molar-refractivity contribution in [2.24, 2.45) is 5.73 Å². The van der Waals surface area contributed by atoms with Crippen molar-refractivity contribution in [3.8, 4) is 22.7 Å².